The van der Waals surface area contributed by atoms with Crippen molar-refractivity contribution < 1.29 is 13.7 Å². The molecule has 6 nitrogen and oxygen atoms in total. The van der Waals surface area contributed by atoms with Crippen LogP contribution in [0.4, 0.5) is 0 Å². The van der Waals surface area contributed by atoms with E-state index in [9.17, 15) is 4.79 Å². The predicted octanol–water partition coefficient (Wildman–Crippen LogP) is 4.75. The van der Waals surface area contributed by atoms with Crippen molar-refractivity contribution in [2.75, 3.05) is 0 Å². The normalized spacial score (nSPS) is 19.6. The number of rotatable bonds is 4. The van der Waals surface area contributed by atoms with Gasteiger partial charge in [-0.3, -0.25) is 4.79 Å². The van der Waals surface area contributed by atoms with E-state index in [1.54, 1.807) is 6.07 Å². The van der Waals surface area contributed by atoms with E-state index in [0.717, 1.165) is 31.4 Å². The first-order valence-electron chi connectivity index (χ1n) is 9.94. The minimum Gasteiger partial charge on any atom is -0.441 e. The van der Waals surface area contributed by atoms with Gasteiger partial charge in [0.15, 0.2) is 17.8 Å². The Bertz CT molecular complexity index is 721. The van der Waals surface area contributed by atoms with Gasteiger partial charge in [-0.1, -0.05) is 43.7 Å². The summed E-state index contributed by atoms with van der Waals surface area (Å²) in [5, 5.41) is 4.06. The predicted molar refractivity (Wildman–Crippen MR) is 96.7 cm³/mol. The molecule has 0 bridgehead atoms. The number of carbonyl (C=O) groups is 1. The number of hydrogen-bond acceptors (Lipinski definition) is 5. The van der Waals surface area contributed by atoms with Crippen LogP contribution in [0.1, 0.15) is 80.5 Å². The quantitative estimate of drug-likeness (QED) is 0.790. The minimum atomic E-state index is -0.0141. The second kappa shape index (κ2) is 7.64. The van der Waals surface area contributed by atoms with Crippen LogP contribution in [0, 0.1) is 6.92 Å². The Morgan fingerprint density at radius 3 is 2.19 bits per heavy atom. The van der Waals surface area contributed by atoms with Gasteiger partial charge < -0.3 is 13.8 Å². The highest BCUT2D eigenvalue weighted by atomic mass is 16.5. The van der Waals surface area contributed by atoms with Crippen molar-refractivity contribution in [1.29, 1.82) is 0 Å². The number of carbonyl (C=O) groups excluding carboxylic acids is 1. The lowest BCUT2D eigenvalue weighted by molar-refractivity contribution is 0.0409. The summed E-state index contributed by atoms with van der Waals surface area (Å²) in [4.78, 5) is 19.6. The molecular formula is C20H27N3O3. The van der Waals surface area contributed by atoms with Crippen molar-refractivity contribution in [3.63, 3.8) is 0 Å². The summed E-state index contributed by atoms with van der Waals surface area (Å²) in [6.45, 7) is 1.85. The molecule has 26 heavy (non-hydrogen) atoms. The van der Waals surface area contributed by atoms with Gasteiger partial charge in [-0.15, -0.1) is 0 Å². The molecule has 4 rings (SSSR count). The molecule has 0 aromatic carbocycles. The van der Waals surface area contributed by atoms with Crippen molar-refractivity contribution in [1.82, 2.24) is 15.0 Å². The van der Waals surface area contributed by atoms with Gasteiger partial charge in [-0.05, 0) is 32.6 Å². The molecule has 0 saturated heterocycles. The van der Waals surface area contributed by atoms with Crippen LogP contribution in [0.5, 0.6) is 0 Å². The number of oxazole rings is 1. The minimum absolute atomic E-state index is 0.0141. The van der Waals surface area contributed by atoms with Crippen LogP contribution in [-0.2, 0) is 0 Å². The Balaban J connectivity index is 1.59. The third-order valence-electron chi connectivity index (χ3n) is 5.87. The third kappa shape index (κ3) is 3.41. The van der Waals surface area contributed by atoms with Gasteiger partial charge in [0.2, 0.25) is 5.76 Å². The van der Waals surface area contributed by atoms with Gasteiger partial charge in [0.05, 0.1) is 5.69 Å². The second-order valence-corrected chi connectivity index (χ2v) is 7.64. The maximum Gasteiger partial charge on any atom is 0.292 e. The molecule has 0 spiro atoms. The highest BCUT2D eigenvalue weighted by Crippen LogP contribution is 2.32. The summed E-state index contributed by atoms with van der Waals surface area (Å²) in [7, 11) is 0. The topological polar surface area (TPSA) is 72.4 Å². The number of nitrogens with zero attached hydrogens (tertiary/aromatic N) is 3. The lowest BCUT2D eigenvalue weighted by Gasteiger charge is -2.41. The average Bonchev–Trinajstić information content (AvgIpc) is 3.32. The lowest BCUT2D eigenvalue weighted by Crippen LogP contribution is -2.48. The summed E-state index contributed by atoms with van der Waals surface area (Å²) >= 11 is 0. The maximum atomic E-state index is 13.4. The molecule has 0 aliphatic heterocycles. The zero-order chi connectivity index (χ0) is 17.9. The monoisotopic (exact) mass is 357 g/mol. The first-order chi connectivity index (χ1) is 12.7. The van der Waals surface area contributed by atoms with Gasteiger partial charge >= 0.3 is 0 Å². The number of aryl methyl sites for hydroxylation is 1. The van der Waals surface area contributed by atoms with Gasteiger partial charge in [-0.25, -0.2) is 4.98 Å². The fraction of sp³-hybridized carbons (Fsp3) is 0.650. The van der Waals surface area contributed by atoms with Crippen molar-refractivity contribution in [3.8, 4) is 11.5 Å². The number of hydrogen-bond donors (Lipinski definition) is 0. The van der Waals surface area contributed by atoms with E-state index in [4.69, 9.17) is 8.94 Å². The summed E-state index contributed by atoms with van der Waals surface area (Å²) in [5.74, 6) is 0.862. The summed E-state index contributed by atoms with van der Waals surface area (Å²) < 4.78 is 10.8. The number of amides is 1. The molecule has 0 unspecified atom stereocenters. The molecule has 140 valence electrons. The molecule has 0 atom stereocenters. The Kier molecular flexibility index (Phi) is 5.09. The molecule has 2 aromatic rings. The van der Waals surface area contributed by atoms with Crippen LogP contribution < -0.4 is 0 Å². The summed E-state index contributed by atoms with van der Waals surface area (Å²) in [6, 6.07) is 2.37. The molecule has 6 heteroatoms. The Morgan fingerprint density at radius 2 is 1.65 bits per heavy atom. The van der Waals surface area contributed by atoms with E-state index in [2.05, 4.69) is 15.0 Å². The molecule has 0 radical (unpaired) electrons. The van der Waals surface area contributed by atoms with Crippen LogP contribution in [0.2, 0.25) is 0 Å². The second-order valence-electron chi connectivity index (χ2n) is 7.64. The molecule has 2 aromatic heterocycles. The highest BCUT2D eigenvalue weighted by Gasteiger charge is 2.35. The highest BCUT2D eigenvalue weighted by molar-refractivity contribution is 5.92. The van der Waals surface area contributed by atoms with E-state index in [-0.39, 0.29) is 5.91 Å². The fourth-order valence-electron chi connectivity index (χ4n) is 4.51. The van der Waals surface area contributed by atoms with Crippen LogP contribution in [0.3, 0.4) is 0 Å². The number of aromatic nitrogens is 2. The van der Waals surface area contributed by atoms with Crippen molar-refractivity contribution in [3.05, 3.63) is 23.9 Å². The molecule has 1 amide bonds. The van der Waals surface area contributed by atoms with Crippen LogP contribution in [0.25, 0.3) is 11.5 Å². The molecule has 2 aliphatic carbocycles. The Hall–Kier alpha value is -2.11. The molecule has 0 N–H and O–H groups in total. The smallest absolute Gasteiger partial charge is 0.292 e. The van der Waals surface area contributed by atoms with E-state index in [1.807, 2.05) is 6.92 Å². The van der Waals surface area contributed by atoms with E-state index in [1.165, 1.54) is 44.9 Å². The molecule has 2 fully saturated rings. The Morgan fingerprint density at radius 1 is 1.04 bits per heavy atom. The molecule has 2 saturated carbocycles. The average molecular weight is 357 g/mol. The van der Waals surface area contributed by atoms with Crippen LogP contribution in [-0.4, -0.2) is 33.0 Å². The fourth-order valence-corrected chi connectivity index (χ4v) is 4.51. The standard InChI is InChI=1S/C20H27N3O3/c1-14-19(25-13-21-14)17-12-18(26-22-17)20(24)23(15-8-4-2-5-9-15)16-10-6-3-7-11-16/h12-13,15-16H,2-11H2,1H3. The maximum absolute atomic E-state index is 13.4. The first kappa shape index (κ1) is 17.3. The zero-order valence-corrected chi connectivity index (χ0v) is 15.4. The summed E-state index contributed by atoms with van der Waals surface area (Å²) in [6.07, 6.45) is 13.2. The van der Waals surface area contributed by atoms with Crippen molar-refractivity contribution in [2.24, 2.45) is 0 Å². The first-order valence-corrected chi connectivity index (χ1v) is 9.94. The molecule has 2 heterocycles. The van der Waals surface area contributed by atoms with E-state index < -0.39 is 0 Å². The summed E-state index contributed by atoms with van der Waals surface area (Å²) in [5.41, 5.74) is 1.28. The zero-order valence-electron chi connectivity index (χ0n) is 15.4. The van der Waals surface area contributed by atoms with Crippen molar-refractivity contribution >= 4 is 5.91 Å². The molecular weight excluding hydrogens is 330 g/mol. The SMILES string of the molecule is Cc1ncoc1-c1cc(C(=O)N(C2CCCCC2)C2CCCCC2)on1. The van der Waals surface area contributed by atoms with Gasteiger partial charge in [0.1, 0.15) is 0 Å². The van der Waals surface area contributed by atoms with Crippen molar-refractivity contribution in [2.45, 2.75) is 83.2 Å². The van der Waals surface area contributed by atoms with E-state index >= 15 is 0 Å². The lowest BCUT2D eigenvalue weighted by atomic mass is 9.88. The van der Waals surface area contributed by atoms with E-state index in [0.29, 0.717) is 29.3 Å². The van der Waals surface area contributed by atoms with Crippen LogP contribution in [0.15, 0.2) is 21.4 Å². The van der Waals surface area contributed by atoms with Gasteiger partial charge in [-0.2, -0.15) is 0 Å². The molecule has 2 aliphatic rings. The Labute approximate surface area is 153 Å². The van der Waals surface area contributed by atoms with Gasteiger partial charge in [0.25, 0.3) is 5.91 Å². The largest absolute Gasteiger partial charge is 0.441 e. The van der Waals surface area contributed by atoms with Crippen LogP contribution >= 0.6 is 0 Å². The third-order valence-corrected chi connectivity index (χ3v) is 5.87. The van der Waals surface area contributed by atoms with Gasteiger partial charge in [0, 0.05) is 18.2 Å².